The molecule has 81 valence electrons. The van der Waals surface area contributed by atoms with Crippen molar-refractivity contribution in [3.05, 3.63) is 37.8 Å². The number of rotatable bonds is 2. The third-order valence-corrected chi connectivity index (χ3v) is 3.23. The normalized spacial score (nSPS) is 13.9. The van der Waals surface area contributed by atoms with Crippen molar-refractivity contribution in [2.24, 2.45) is 0 Å². The number of hydrogen-bond donors (Lipinski definition) is 0. The predicted octanol–water partition coefficient (Wildman–Crippen LogP) is 1.98. The number of hydrogen-bond acceptors (Lipinski definition) is 3. The number of fused-ring (bicyclic) bond motifs is 1. The van der Waals surface area contributed by atoms with E-state index in [1.165, 1.54) is 16.9 Å². The van der Waals surface area contributed by atoms with Gasteiger partial charge in [-0.2, -0.15) is 0 Å². The second-order valence-electron chi connectivity index (χ2n) is 3.40. The first-order valence-corrected chi connectivity index (χ1v) is 5.41. The first-order chi connectivity index (χ1) is 7.54. The minimum atomic E-state index is -0.503. The molecule has 1 aromatic rings. The Balaban J connectivity index is 2.55. The zero-order valence-corrected chi connectivity index (χ0v) is 10.0. The molecule has 1 aromatic carbocycles. The van der Waals surface area contributed by atoms with Gasteiger partial charge in [-0.1, -0.05) is 22.8 Å². The van der Waals surface area contributed by atoms with Crippen LogP contribution in [0.2, 0.25) is 6.82 Å². The van der Waals surface area contributed by atoms with Crippen LogP contribution in [0.3, 0.4) is 0 Å². The Morgan fingerprint density at radius 3 is 2.81 bits per heavy atom. The molecule has 5 nitrogen and oxygen atoms in total. The van der Waals surface area contributed by atoms with E-state index in [0.717, 1.165) is 5.56 Å². The second-order valence-corrected chi connectivity index (χ2v) is 4.26. The van der Waals surface area contributed by atoms with E-state index >= 15 is 0 Å². The summed E-state index contributed by atoms with van der Waals surface area (Å²) < 4.78 is 0.606. The van der Waals surface area contributed by atoms with Crippen LogP contribution in [0.4, 0.5) is 5.69 Å². The van der Waals surface area contributed by atoms with E-state index in [1.54, 1.807) is 14.2 Å². The molecule has 7 heteroatoms. The molecule has 0 unspecified atom stereocenters. The summed E-state index contributed by atoms with van der Waals surface area (Å²) in [6.45, 7) is 2.22. The molecule has 0 bridgehead atoms. The minimum absolute atomic E-state index is 0.0723. The highest BCUT2D eigenvalue weighted by atomic mass is 79.9. The third kappa shape index (κ3) is 1.61. The van der Waals surface area contributed by atoms with Crippen LogP contribution in [0, 0.1) is 10.1 Å². The van der Waals surface area contributed by atoms with Gasteiger partial charge in [0.15, 0.2) is 0 Å². The minimum Gasteiger partial charge on any atom is -0.383 e. The van der Waals surface area contributed by atoms with Gasteiger partial charge in [0.2, 0.25) is 13.3 Å². The zero-order valence-electron chi connectivity index (χ0n) is 8.44. The van der Waals surface area contributed by atoms with Gasteiger partial charge >= 0.3 is 0 Å². The largest absolute Gasteiger partial charge is 0.383 e. The maximum atomic E-state index is 11.8. The molecule has 0 N–H and O–H groups in total. The topological polar surface area (TPSA) is 63.4 Å². The molecular weight excluding hydrogens is 275 g/mol. The Hall–Kier alpha value is -1.37. The number of nitrogens with zero attached hydrogens (tertiary/aromatic N) is 2. The number of nitro groups is 1. The van der Waals surface area contributed by atoms with Gasteiger partial charge in [-0.3, -0.25) is 14.9 Å². The summed E-state index contributed by atoms with van der Waals surface area (Å²) in [7, 11) is 1.67. The van der Waals surface area contributed by atoms with Crippen molar-refractivity contribution in [3.8, 4) is 0 Å². The van der Waals surface area contributed by atoms with E-state index < -0.39 is 4.92 Å². The van der Waals surface area contributed by atoms with Gasteiger partial charge < -0.3 is 4.81 Å². The molecule has 1 heterocycles. The zero-order chi connectivity index (χ0) is 11.9. The molecule has 1 amide bonds. The predicted molar refractivity (Wildman–Crippen MR) is 62.3 cm³/mol. The summed E-state index contributed by atoms with van der Waals surface area (Å²) in [6, 6.07) is 2.75. The van der Waals surface area contributed by atoms with E-state index in [1.807, 2.05) is 0 Å². The Kier molecular flexibility index (Phi) is 2.71. The Morgan fingerprint density at radius 2 is 2.25 bits per heavy atom. The van der Waals surface area contributed by atoms with Crippen LogP contribution >= 0.6 is 15.9 Å². The quantitative estimate of drug-likeness (QED) is 0.473. The lowest BCUT2D eigenvalue weighted by molar-refractivity contribution is -0.385. The molecule has 0 spiro atoms. The van der Waals surface area contributed by atoms with E-state index in [9.17, 15) is 14.9 Å². The fourth-order valence-electron chi connectivity index (χ4n) is 1.68. The number of nitro benzene ring substituents is 1. The van der Waals surface area contributed by atoms with Crippen molar-refractivity contribution in [1.29, 1.82) is 0 Å². The monoisotopic (exact) mass is 281 g/mol. The molecule has 0 fully saturated rings. The molecule has 2 rings (SSSR count). The van der Waals surface area contributed by atoms with Gasteiger partial charge in [-0.05, 0) is 5.56 Å². The fourth-order valence-corrected chi connectivity index (χ4v) is 2.26. The van der Waals surface area contributed by atoms with Gasteiger partial charge in [0, 0.05) is 23.2 Å². The molecule has 1 radical (unpaired) electrons. The van der Waals surface area contributed by atoms with Crippen molar-refractivity contribution in [1.82, 2.24) is 4.81 Å². The van der Waals surface area contributed by atoms with Crippen LogP contribution in [0.15, 0.2) is 16.6 Å². The third-order valence-electron chi connectivity index (χ3n) is 2.52. The lowest BCUT2D eigenvalue weighted by Gasteiger charge is -2.10. The highest BCUT2D eigenvalue weighted by Gasteiger charge is 2.30. The number of carbonyl (C=O) groups excluding carboxylic acids is 1. The van der Waals surface area contributed by atoms with Crippen LogP contribution in [-0.4, -0.2) is 23.1 Å². The Labute approximate surface area is 101 Å². The van der Waals surface area contributed by atoms with Crippen molar-refractivity contribution in [2.45, 2.75) is 13.4 Å². The van der Waals surface area contributed by atoms with Crippen molar-refractivity contribution < 1.29 is 9.72 Å². The number of non-ortho nitro benzene ring substituents is 1. The fraction of sp³-hybridized carbons (Fsp3) is 0.222. The number of carbonyl (C=O) groups is 1. The average Bonchev–Trinajstić information content (AvgIpc) is 2.56. The summed E-state index contributed by atoms with van der Waals surface area (Å²) in [5.74, 6) is -0.193. The van der Waals surface area contributed by atoms with Crippen LogP contribution in [0.25, 0.3) is 0 Å². The maximum absolute atomic E-state index is 11.8. The van der Waals surface area contributed by atoms with E-state index in [-0.39, 0.29) is 11.6 Å². The van der Waals surface area contributed by atoms with Crippen molar-refractivity contribution in [2.75, 3.05) is 0 Å². The van der Waals surface area contributed by atoms with Gasteiger partial charge in [0.05, 0.1) is 10.5 Å². The first kappa shape index (κ1) is 11.1. The van der Waals surface area contributed by atoms with Crippen LogP contribution in [0.5, 0.6) is 0 Å². The average molecular weight is 282 g/mol. The van der Waals surface area contributed by atoms with E-state index in [4.69, 9.17) is 0 Å². The highest BCUT2D eigenvalue weighted by molar-refractivity contribution is 9.10. The lowest BCUT2D eigenvalue weighted by atomic mass is 9.97. The molecule has 0 saturated heterocycles. The Morgan fingerprint density at radius 1 is 1.56 bits per heavy atom. The Bertz CT molecular complexity index is 492. The van der Waals surface area contributed by atoms with E-state index in [0.29, 0.717) is 16.6 Å². The number of benzene rings is 1. The number of halogens is 1. The van der Waals surface area contributed by atoms with Crippen LogP contribution in [-0.2, 0) is 6.54 Å². The molecule has 1 aliphatic heterocycles. The molecule has 0 saturated carbocycles. The standard InChI is InChI=1S/C9H7BBrN2O3/c1-10-12-4-7-6(9(12)14)2-5(13(15)16)3-8(7)11/h2-3H,4H2,1H3. The summed E-state index contributed by atoms with van der Waals surface area (Å²) in [4.78, 5) is 23.5. The van der Waals surface area contributed by atoms with E-state index in [2.05, 4.69) is 15.9 Å². The summed E-state index contributed by atoms with van der Waals surface area (Å²) in [6.07, 6.45) is 0. The van der Waals surface area contributed by atoms with Crippen LogP contribution < -0.4 is 0 Å². The van der Waals surface area contributed by atoms with Gasteiger partial charge in [-0.25, -0.2) is 0 Å². The van der Waals surface area contributed by atoms with Crippen LogP contribution in [0.1, 0.15) is 15.9 Å². The summed E-state index contributed by atoms with van der Waals surface area (Å²) >= 11 is 3.25. The smallest absolute Gasteiger partial charge is 0.271 e. The SMILES string of the molecule is C[B]N1Cc2c(Br)cc([N+](=O)[O-])cc2C1=O. The maximum Gasteiger partial charge on any atom is 0.271 e. The molecular formula is C9H7BBrN2O3. The van der Waals surface area contributed by atoms with Crippen molar-refractivity contribution in [3.63, 3.8) is 0 Å². The highest BCUT2D eigenvalue weighted by Crippen LogP contribution is 2.32. The molecule has 1 aliphatic rings. The van der Waals surface area contributed by atoms with Gasteiger partial charge in [0.1, 0.15) is 0 Å². The molecule has 16 heavy (non-hydrogen) atoms. The number of amides is 1. The molecule has 0 atom stereocenters. The molecule has 0 aliphatic carbocycles. The van der Waals surface area contributed by atoms with Gasteiger partial charge in [0.25, 0.3) is 5.69 Å². The van der Waals surface area contributed by atoms with Crippen molar-refractivity contribution >= 4 is 34.9 Å². The summed E-state index contributed by atoms with van der Waals surface area (Å²) in [5, 5.41) is 10.7. The summed E-state index contributed by atoms with van der Waals surface area (Å²) in [5.41, 5.74) is 1.13. The second kappa shape index (κ2) is 3.90. The molecule has 0 aromatic heterocycles. The first-order valence-electron chi connectivity index (χ1n) is 4.62. The lowest BCUT2D eigenvalue weighted by Crippen LogP contribution is -2.25. The van der Waals surface area contributed by atoms with Gasteiger partial charge in [-0.15, -0.1) is 0 Å².